The van der Waals surface area contributed by atoms with Crippen LogP contribution in [0.15, 0.2) is 48.5 Å². The molecule has 1 fully saturated rings. The van der Waals surface area contributed by atoms with Crippen molar-refractivity contribution in [3.8, 4) is 0 Å². The second-order valence-electron chi connectivity index (χ2n) is 8.36. The minimum Gasteiger partial charge on any atom is -0.460 e. The third-order valence-corrected chi connectivity index (χ3v) is 6.17. The molecular formula is C26H34N2O4. The van der Waals surface area contributed by atoms with Gasteiger partial charge in [-0.1, -0.05) is 43.7 Å². The Hall–Kier alpha value is -2.86. The van der Waals surface area contributed by atoms with Crippen molar-refractivity contribution in [1.82, 2.24) is 0 Å². The number of nitrogens with two attached hydrogens (primary N) is 1. The molecule has 1 aliphatic heterocycles. The van der Waals surface area contributed by atoms with Gasteiger partial charge in [0, 0.05) is 24.7 Å². The zero-order valence-corrected chi connectivity index (χ0v) is 18.8. The van der Waals surface area contributed by atoms with Crippen molar-refractivity contribution in [1.29, 1.82) is 0 Å². The van der Waals surface area contributed by atoms with Gasteiger partial charge in [-0.2, -0.15) is 0 Å². The van der Waals surface area contributed by atoms with Gasteiger partial charge in [0.1, 0.15) is 6.61 Å². The molecule has 6 heteroatoms. The first kappa shape index (κ1) is 23.8. The van der Waals surface area contributed by atoms with Crippen LogP contribution >= 0.6 is 0 Å². The number of primary amides is 1. The lowest BCUT2D eigenvalue weighted by Gasteiger charge is -2.34. The monoisotopic (exact) mass is 438 g/mol. The van der Waals surface area contributed by atoms with Gasteiger partial charge in [0.05, 0.1) is 18.1 Å². The minimum atomic E-state index is -0.498. The Morgan fingerprint density at radius 2 is 1.75 bits per heavy atom. The molecule has 2 aromatic rings. The van der Waals surface area contributed by atoms with Gasteiger partial charge in [-0.25, -0.2) is 4.79 Å². The molecule has 3 rings (SSSR count). The average Bonchev–Trinajstić information content (AvgIpc) is 2.83. The molecule has 0 aromatic heterocycles. The van der Waals surface area contributed by atoms with Crippen LogP contribution in [-0.4, -0.2) is 43.3 Å². The number of carbonyl (C=O) groups excluding carboxylic acids is 2. The van der Waals surface area contributed by atoms with Gasteiger partial charge in [-0.3, -0.25) is 4.79 Å². The molecule has 2 unspecified atom stereocenters. The number of piperidine rings is 1. The Morgan fingerprint density at radius 1 is 1.06 bits per heavy atom. The molecule has 2 atom stereocenters. The van der Waals surface area contributed by atoms with Crippen molar-refractivity contribution in [2.24, 2.45) is 5.73 Å². The van der Waals surface area contributed by atoms with Crippen LogP contribution < -0.4 is 10.6 Å². The van der Waals surface area contributed by atoms with E-state index in [1.165, 1.54) is 24.9 Å². The number of benzene rings is 2. The summed E-state index contributed by atoms with van der Waals surface area (Å²) in [5.41, 5.74) is 9.49. The molecule has 0 spiro atoms. The summed E-state index contributed by atoms with van der Waals surface area (Å²) in [5.74, 6) is -1.42. The molecule has 0 radical (unpaired) electrons. The Kier molecular flexibility index (Phi) is 8.68. The maximum Gasteiger partial charge on any atom is 0.338 e. The van der Waals surface area contributed by atoms with E-state index in [1.807, 2.05) is 6.07 Å². The van der Waals surface area contributed by atoms with E-state index in [4.69, 9.17) is 15.6 Å². The predicted molar refractivity (Wildman–Crippen MR) is 126 cm³/mol. The summed E-state index contributed by atoms with van der Waals surface area (Å²) in [7, 11) is 0. The lowest BCUT2D eigenvalue weighted by atomic mass is 9.77. The van der Waals surface area contributed by atoms with Crippen LogP contribution in [0.1, 0.15) is 72.3 Å². The van der Waals surface area contributed by atoms with Gasteiger partial charge in [0.25, 0.3) is 0 Å². The van der Waals surface area contributed by atoms with Crippen LogP contribution in [0.2, 0.25) is 0 Å². The SMILES string of the molecule is CCCC(c1ccccc1N1CCCCC1)C(C(N)=O)c1ccc(C(=O)OCCO)cc1. The molecule has 0 aliphatic carbocycles. The molecular weight excluding hydrogens is 404 g/mol. The standard InChI is InChI=1S/C26H34N2O4/c1-2-8-22(21-9-4-5-10-23(21)28-15-6-3-7-16-28)24(25(27)30)19-11-13-20(14-12-19)26(31)32-18-17-29/h4-5,9-14,22,24,29H,2-3,6-8,15-18H2,1H3,(H2,27,30). The number of esters is 1. The fourth-order valence-corrected chi connectivity index (χ4v) is 4.68. The number of hydrogen-bond acceptors (Lipinski definition) is 5. The van der Waals surface area contributed by atoms with E-state index in [2.05, 4.69) is 30.0 Å². The molecule has 0 bridgehead atoms. The highest BCUT2D eigenvalue weighted by atomic mass is 16.5. The van der Waals surface area contributed by atoms with E-state index in [1.54, 1.807) is 24.3 Å². The highest BCUT2D eigenvalue weighted by Crippen LogP contribution is 2.41. The van der Waals surface area contributed by atoms with Crippen LogP contribution in [0.25, 0.3) is 0 Å². The normalized spacial score (nSPS) is 15.8. The second-order valence-corrected chi connectivity index (χ2v) is 8.36. The van der Waals surface area contributed by atoms with Crippen LogP contribution in [0, 0.1) is 0 Å². The summed E-state index contributed by atoms with van der Waals surface area (Å²) in [4.78, 5) is 27.2. The van der Waals surface area contributed by atoms with E-state index in [9.17, 15) is 9.59 Å². The Morgan fingerprint density at radius 3 is 2.38 bits per heavy atom. The van der Waals surface area contributed by atoms with Gasteiger partial charge in [-0.15, -0.1) is 0 Å². The fraction of sp³-hybridized carbons (Fsp3) is 0.462. The number of anilines is 1. The number of para-hydroxylation sites is 1. The van der Waals surface area contributed by atoms with Gasteiger partial charge in [-0.05, 0) is 55.0 Å². The summed E-state index contributed by atoms with van der Waals surface area (Å²) >= 11 is 0. The third-order valence-electron chi connectivity index (χ3n) is 6.17. The topological polar surface area (TPSA) is 92.9 Å². The highest BCUT2D eigenvalue weighted by Gasteiger charge is 2.31. The first-order valence-electron chi connectivity index (χ1n) is 11.6. The molecule has 0 saturated carbocycles. The number of nitrogens with zero attached hydrogens (tertiary/aromatic N) is 1. The van der Waals surface area contributed by atoms with Gasteiger partial charge >= 0.3 is 5.97 Å². The summed E-state index contributed by atoms with van der Waals surface area (Å²) in [6.45, 7) is 3.91. The molecule has 1 heterocycles. The predicted octanol–water partition coefficient (Wildman–Crippen LogP) is 3.98. The number of aliphatic hydroxyl groups excluding tert-OH is 1. The lowest BCUT2D eigenvalue weighted by molar-refractivity contribution is -0.120. The van der Waals surface area contributed by atoms with Crippen molar-refractivity contribution < 1.29 is 19.4 Å². The number of ether oxygens (including phenoxy) is 1. The third kappa shape index (κ3) is 5.68. The number of amides is 1. The number of carbonyl (C=O) groups is 2. The van der Waals surface area contributed by atoms with Crippen LogP contribution in [0.4, 0.5) is 5.69 Å². The largest absolute Gasteiger partial charge is 0.460 e. The molecule has 1 saturated heterocycles. The fourth-order valence-electron chi connectivity index (χ4n) is 4.68. The molecule has 1 amide bonds. The Balaban J connectivity index is 1.95. The molecule has 1 aliphatic rings. The Labute approximate surface area is 190 Å². The summed E-state index contributed by atoms with van der Waals surface area (Å²) < 4.78 is 4.98. The molecule has 32 heavy (non-hydrogen) atoms. The van der Waals surface area contributed by atoms with Gasteiger partial charge in [0.15, 0.2) is 0 Å². The van der Waals surface area contributed by atoms with E-state index in [0.717, 1.165) is 37.1 Å². The van der Waals surface area contributed by atoms with Gasteiger partial charge < -0.3 is 20.5 Å². The molecule has 6 nitrogen and oxygen atoms in total. The molecule has 2 aromatic carbocycles. The van der Waals surface area contributed by atoms with E-state index >= 15 is 0 Å². The zero-order valence-electron chi connectivity index (χ0n) is 18.8. The second kappa shape index (κ2) is 11.7. The highest BCUT2D eigenvalue weighted by molar-refractivity contribution is 5.90. The van der Waals surface area contributed by atoms with Crippen molar-refractivity contribution in [3.63, 3.8) is 0 Å². The molecule has 3 N–H and O–H groups in total. The summed E-state index contributed by atoms with van der Waals surface area (Å²) in [5, 5.41) is 8.84. The maximum atomic E-state index is 12.7. The quantitative estimate of drug-likeness (QED) is 0.548. The number of hydrogen-bond donors (Lipinski definition) is 2. The van der Waals surface area contributed by atoms with Crippen molar-refractivity contribution in [3.05, 3.63) is 65.2 Å². The molecule has 172 valence electrons. The Bertz CT molecular complexity index is 891. The van der Waals surface area contributed by atoms with Crippen LogP contribution in [0.3, 0.4) is 0 Å². The first-order valence-corrected chi connectivity index (χ1v) is 11.6. The zero-order chi connectivity index (χ0) is 22.9. The number of rotatable bonds is 10. The van der Waals surface area contributed by atoms with E-state index in [0.29, 0.717) is 5.56 Å². The summed E-state index contributed by atoms with van der Waals surface area (Å²) in [6, 6.07) is 15.3. The van der Waals surface area contributed by atoms with E-state index < -0.39 is 11.9 Å². The smallest absolute Gasteiger partial charge is 0.338 e. The minimum absolute atomic E-state index is 0.0453. The number of aliphatic hydroxyl groups is 1. The van der Waals surface area contributed by atoms with Crippen LogP contribution in [0.5, 0.6) is 0 Å². The maximum absolute atomic E-state index is 12.7. The van der Waals surface area contributed by atoms with E-state index in [-0.39, 0.29) is 25.0 Å². The average molecular weight is 439 g/mol. The van der Waals surface area contributed by atoms with Crippen molar-refractivity contribution in [2.75, 3.05) is 31.2 Å². The van der Waals surface area contributed by atoms with Crippen molar-refractivity contribution in [2.45, 2.75) is 50.9 Å². The summed E-state index contributed by atoms with van der Waals surface area (Å²) in [6.07, 6.45) is 5.38. The first-order chi connectivity index (χ1) is 15.6. The van der Waals surface area contributed by atoms with Crippen LogP contribution in [-0.2, 0) is 9.53 Å². The van der Waals surface area contributed by atoms with Gasteiger partial charge in [0.2, 0.25) is 5.91 Å². The van der Waals surface area contributed by atoms with Crippen molar-refractivity contribution >= 4 is 17.6 Å². The lowest BCUT2D eigenvalue weighted by Crippen LogP contribution is -2.32.